The molecule has 2 aromatic carbocycles. The summed E-state index contributed by atoms with van der Waals surface area (Å²) in [6.45, 7) is 2.66. The van der Waals surface area contributed by atoms with Crippen molar-refractivity contribution in [1.82, 2.24) is 9.62 Å². The Balaban J connectivity index is 1.79. The topological polar surface area (TPSA) is 75.7 Å². The molecule has 1 unspecified atom stereocenters. The molecule has 156 valence electrons. The number of ether oxygens (including phenoxy) is 1. The number of carbonyl (C=O) groups is 1. The van der Waals surface area contributed by atoms with Crippen LogP contribution in [-0.2, 0) is 26.1 Å². The second kappa shape index (κ2) is 9.71. The molecule has 1 amide bonds. The van der Waals surface area contributed by atoms with Gasteiger partial charge in [0.1, 0.15) is 0 Å². The predicted molar refractivity (Wildman–Crippen MR) is 112 cm³/mol. The standard InChI is InChI=1S/C21H25ClN2O4S/c1-16-8-10-19(11-9-16)29(26,27)24(14-17-5-2-3-7-20(17)22)15-21(25)23-13-18-6-4-12-28-18/h2-3,5,7-11,18H,4,6,12-15H2,1H3,(H,23,25). The van der Waals surface area contributed by atoms with E-state index in [-0.39, 0.29) is 30.0 Å². The molecule has 1 aliphatic heterocycles. The van der Waals surface area contributed by atoms with Crippen molar-refractivity contribution in [1.29, 1.82) is 0 Å². The number of nitrogens with one attached hydrogen (secondary N) is 1. The zero-order valence-corrected chi connectivity index (χ0v) is 17.9. The van der Waals surface area contributed by atoms with Gasteiger partial charge in [-0.05, 0) is 43.5 Å². The van der Waals surface area contributed by atoms with Crippen molar-refractivity contribution in [2.75, 3.05) is 19.7 Å². The number of rotatable bonds is 8. The number of sulfonamides is 1. The number of carbonyl (C=O) groups excluding carboxylic acids is 1. The Kier molecular flexibility index (Phi) is 7.29. The molecule has 3 rings (SSSR count). The number of benzene rings is 2. The van der Waals surface area contributed by atoms with Gasteiger partial charge in [0.2, 0.25) is 15.9 Å². The first-order valence-corrected chi connectivity index (χ1v) is 11.4. The molecule has 0 aliphatic carbocycles. The predicted octanol–water partition coefficient (Wildman–Crippen LogP) is 3.13. The van der Waals surface area contributed by atoms with Crippen molar-refractivity contribution in [2.45, 2.75) is 37.3 Å². The summed E-state index contributed by atoms with van der Waals surface area (Å²) in [6.07, 6.45) is 1.86. The molecule has 0 spiro atoms. The van der Waals surface area contributed by atoms with Crippen molar-refractivity contribution in [3.8, 4) is 0 Å². The third-order valence-corrected chi connectivity index (χ3v) is 7.01. The van der Waals surface area contributed by atoms with Crippen LogP contribution < -0.4 is 5.32 Å². The zero-order valence-electron chi connectivity index (χ0n) is 16.3. The van der Waals surface area contributed by atoms with E-state index in [2.05, 4.69) is 5.32 Å². The minimum absolute atomic E-state index is 0.00321. The maximum absolute atomic E-state index is 13.2. The lowest BCUT2D eigenvalue weighted by atomic mass is 10.2. The highest BCUT2D eigenvalue weighted by Gasteiger charge is 2.28. The van der Waals surface area contributed by atoms with E-state index < -0.39 is 10.0 Å². The van der Waals surface area contributed by atoms with Gasteiger partial charge in [-0.15, -0.1) is 0 Å². The summed E-state index contributed by atoms with van der Waals surface area (Å²) < 4.78 is 33.1. The van der Waals surface area contributed by atoms with Crippen molar-refractivity contribution >= 4 is 27.5 Å². The Morgan fingerprint density at radius 3 is 2.59 bits per heavy atom. The molecule has 1 N–H and O–H groups in total. The van der Waals surface area contributed by atoms with Crippen LogP contribution >= 0.6 is 11.6 Å². The van der Waals surface area contributed by atoms with Gasteiger partial charge < -0.3 is 10.1 Å². The molecule has 1 heterocycles. The number of nitrogens with zero attached hydrogens (tertiary/aromatic N) is 1. The third kappa shape index (κ3) is 5.79. The number of aryl methyl sites for hydroxylation is 1. The van der Waals surface area contributed by atoms with E-state index in [4.69, 9.17) is 16.3 Å². The van der Waals surface area contributed by atoms with E-state index in [1.165, 1.54) is 0 Å². The number of hydrogen-bond acceptors (Lipinski definition) is 4. The smallest absolute Gasteiger partial charge is 0.243 e. The molecular weight excluding hydrogens is 412 g/mol. The highest BCUT2D eigenvalue weighted by molar-refractivity contribution is 7.89. The molecule has 1 saturated heterocycles. The molecule has 6 nitrogen and oxygen atoms in total. The molecule has 1 atom stereocenters. The average Bonchev–Trinajstić information content (AvgIpc) is 3.21. The summed E-state index contributed by atoms with van der Waals surface area (Å²) in [5.74, 6) is -0.372. The normalized spacial score (nSPS) is 16.9. The van der Waals surface area contributed by atoms with Crippen LogP contribution in [0.2, 0.25) is 5.02 Å². The lowest BCUT2D eigenvalue weighted by Crippen LogP contribution is -2.42. The summed E-state index contributed by atoms with van der Waals surface area (Å²) in [7, 11) is -3.88. The molecule has 8 heteroatoms. The van der Waals surface area contributed by atoms with Crippen LogP contribution in [0.3, 0.4) is 0 Å². The van der Waals surface area contributed by atoms with E-state index in [1.807, 2.05) is 6.92 Å². The first kappa shape index (κ1) is 21.8. The van der Waals surface area contributed by atoms with Crippen LogP contribution in [0.5, 0.6) is 0 Å². The van der Waals surface area contributed by atoms with Crippen LogP contribution in [0.1, 0.15) is 24.0 Å². The van der Waals surface area contributed by atoms with E-state index >= 15 is 0 Å². The van der Waals surface area contributed by atoms with Gasteiger partial charge in [-0.1, -0.05) is 47.5 Å². The minimum atomic E-state index is -3.88. The van der Waals surface area contributed by atoms with Crippen LogP contribution in [0.15, 0.2) is 53.4 Å². The highest BCUT2D eigenvalue weighted by atomic mass is 35.5. The van der Waals surface area contributed by atoms with Gasteiger partial charge in [-0.3, -0.25) is 4.79 Å². The summed E-state index contributed by atoms with van der Waals surface area (Å²) in [5.41, 5.74) is 1.59. The fraction of sp³-hybridized carbons (Fsp3) is 0.381. The molecule has 2 aromatic rings. The second-order valence-corrected chi connectivity index (χ2v) is 9.46. The van der Waals surface area contributed by atoms with Gasteiger partial charge in [-0.25, -0.2) is 8.42 Å². The molecular formula is C21H25ClN2O4S. The Morgan fingerprint density at radius 1 is 1.21 bits per heavy atom. The van der Waals surface area contributed by atoms with Crippen LogP contribution in [0.25, 0.3) is 0 Å². The maximum Gasteiger partial charge on any atom is 0.243 e. The molecule has 0 aromatic heterocycles. The summed E-state index contributed by atoms with van der Waals surface area (Å²) in [6, 6.07) is 13.6. The van der Waals surface area contributed by atoms with Gasteiger partial charge in [0.15, 0.2) is 0 Å². The van der Waals surface area contributed by atoms with Gasteiger partial charge in [0, 0.05) is 24.7 Å². The van der Waals surface area contributed by atoms with Gasteiger partial charge in [0.25, 0.3) is 0 Å². The monoisotopic (exact) mass is 436 g/mol. The average molecular weight is 437 g/mol. The summed E-state index contributed by atoms with van der Waals surface area (Å²) in [5, 5.41) is 3.24. The van der Waals surface area contributed by atoms with Crippen molar-refractivity contribution in [3.63, 3.8) is 0 Å². The Morgan fingerprint density at radius 2 is 1.93 bits per heavy atom. The van der Waals surface area contributed by atoms with Crippen molar-refractivity contribution in [2.24, 2.45) is 0 Å². The van der Waals surface area contributed by atoms with Crippen molar-refractivity contribution < 1.29 is 17.9 Å². The molecule has 1 aliphatic rings. The third-order valence-electron chi connectivity index (χ3n) is 4.83. The van der Waals surface area contributed by atoms with E-state index in [0.717, 1.165) is 22.7 Å². The number of halogens is 1. The van der Waals surface area contributed by atoms with E-state index in [0.29, 0.717) is 23.7 Å². The van der Waals surface area contributed by atoms with Crippen LogP contribution in [0, 0.1) is 6.92 Å². The largest absolute Gasteiger partial charge is 0.376 e. The first-order chi connectivity index (χ1) is 13.9. The van der Waals surface area contributed by atoms with E-state index in [1.54, 1.807) is 48.5 Å². The van der Waals surface area contributed by atoms with Gasteiger partial charge >= 0.3 is 0 Å². The Bertz CT molecular complexity index is 941. The SMILES string of the molecule is Cc1ccc(S(=O)(=O)N(CC(=O)NCC2CCCO2)Cc2ccccc2Cl)cc1. The first-order valence-electron chi connectivity index (χ1n) is 9.55. The fourth-order valence-electron chi connectivity index (χ4n) is 3.15. The maximum atomic E-state index is 13.2. The van der Waals surface area contributed by atoms with Crippen LogP contribution in [0.4, 0.5) is 0 Å². The fourth-order valence-corrected chi connectivity index (χ4v) is 4.72. The lowest BCUT2D eigenvalue weighted by molar-refractivity contribution is -0.121. The highest BCUT2D eigenvalue weighted by Crippen LogP contribution is 2.22. The summed E-state index contributed by atoms with van der Waals surface area (Å²) >= 11 is 6.23. The quantitative estimate of drug-likeness (QED) is 0.689. The summed E-state index contributed by atoms with van der Waals surface area (Å²) in [4.78, 5) is 12.7. The van der Waals surface area contributed by atoms with Crippen molar-refractivity contribution in [3.05, 3.63) is 64.7 Å². The zero-order chi connectivity index (χ0) is 20.9. The molecule has 0 saturated carbocycles. The number of amides is 1. The molecule has 0 bridgehead atoms. The number of hydrogen-bond donors (Lipinski definition) is 1. The lowest BCUT2D eigenvalue weighted by Gasteiger charge is -2.23. The Hall–Kier alpha value is -1.93. The molecule has 29 heavy (non-hydrogen) atoms. The van der Waals surface area contributed by atoms with Gasteiger partial charge in [-0.2, -0.15) is 4.31 Å². The molecule has 1 fully saturated rings. The van der Waals surface area contributed by atoms with Crippen LogP contribution in [-0.4, -0.2) is 44.4 Å². The second-order valence-electron chi connectivity index (χ2n) is 7.12. The Labute approximate surface area is 176 Å². The minimum Gasteiger partial charge on any atom is -0.376 e. The molecule has 0 radical (unpaired) electrons. The van der Waals surface area contributed by atoms with Gasteiger partial charge in [0.05, 0.1) is 17.5 Å². The van der Waals surface area contributed by atoms with E-state index in [9.17, 15) is 13.2 Å².